The van der Waals surface area contributed by atoms with E-state index in [4.69, 9.17) is 0 Å². The summed E-state index contributed by atoms with van der Waals surface area (Å²) in [6.07, 6.45) is 0.820. The highest BCUT2D eigenvalue weighted by Gasteiger charge is 2.27. The monoisotopic (exact) mass is 353 g/mol. The molecule has 1 atom stereocenters. The molecule has 0 aliphatic carbocycles. The zero-order valence-corrected chi connectivity index (χ0v) is 15.8. The van der Waals surface area contributed by atoms with Crippen molar-refractivity contribution in [3.63, 3.8) is 0 Å². The molecule has 2 heterocycles. The number of aromatic nitrogens is 2. The first-order valence-corrected chi connectivity index (χ1v) is 9.20. The third-order valence-electron chi connectivity index (χ3n) is 4.92. The Morgan fingerprint density at radius 1 is 1.04 bits per heavy atom. The molecule has 6 heteroatoms. The minimum Gasteiger partial charge on any atom is -0.361 e. The minimum atomic E-state index is -0.0538. The second-order valence-corrected chi connectivity index (χ2v) is 6.83. The van der Waals surface area contributed by atoms with E-state index >= 15 is 0 Å². The van der Waals surface area contributed by atoms with E-state index < -0.39 is 0 Å². The van der Waals surface area contributed by atoms with Crippen LogP contribution in [0.15, 0.2) is 42.5 Å². The maximum absolute atomic E-state index is 13.0. The van der Waals surface area contributed by atoms with Crippen molar-refractivity contribution in [3.8, 4) is 0 Å². The molecule has 26 heavy (non-hydrogen) atoms. The Morgan fingerprint density at radius 3 is 2.27 bits per heavy atom. The fourth-order valence-corrected chi connectivity index (χ4v) is 3.34. The average molecular weight is 353 g/mol. The number of piperazine rings is 1. The van der Waals surface area contributed by atoms with Crippen LogP contribution >= 0.6 is 0 Å². The van der Waals surface area contributed by atoms with Crippen LogP contribution < -0.4 is 9.80 Å². The molecule has 1 fully saturated rings. The number of nitrogens with zero attached hydrogens (tertiary/aromatic N) is 5. The number of hydrogen-bond acceptors (Lipinski definition) is 5. The minimum absolute atomic E-state index is 0.0538. The summed E-state index contributed by atoms with van der Waals surface area (Å²) in [5.74, 6) is 1.89. The molecule has 1 aromatic carbocycles. The van der Waals surface area contributed by atoms with Crippen LogP contribution in [0.25, 0.3) is 0 Å². The van der Waals surface area contributed by atoms with E-state index in [9.17, 15) is 4.79 Å². The summed E-state index contributed by atoms with van der Waals surface area (Å²) in [5, 5.41) is 8.57. The third kappa shape index (κ3) is 3.95. The van der Waals surface area contributed by atoms with E-state index in [1.807, 2.05) is 66.4 Å². The maximum atomic E-state index is 13.0. The Bertz CT molecular complexity index is 709. The molecular formula is C20H27N5O. The first-order chi connectivity index (χ1) is 12.6. The molecule has 3 rings (SSSR count). The van der Waals surface area contributed by atoms with Crippen molar-refractivity contribution in [1.29, 1.82) is 0 Å². The van der Waals surface area contributed by atoms with E-state index in [1.54, 1.807) is 0 Å². The topological polar surface area (TPSA) is 52.6 Å². The van der Waals surface area contributed by atoms with Gasteiger partial charge in [-0.15, -0.1) is 10.2 Å². The lowest BCUT2D eigenvalue weighted by molar-refractivity contribution is -0.133. The molecule has 1 saturated heterocycles. The van der Waals surface area contributed by atoms with E-state index in [0.29, 0.717) is 0 Å². The van der Waals surface area contributed by atoms with Gasteiger partial charge in [0.05, 0.1) is 5.92 Å². The Balaban J connectivity index is 1.61. The van der Waals surface area contributed by atoms with Crippen molar-refractivity contribution in [3.05, 3.63) is 48.0 Å². The van der Waals surface area contributed by atoms with Crippen molar-refractivity contribution < 1.29 is 4.79 Å². The van der Waals surface area contributed by atoms with Gasteiger partial charge in [-0.25, -0.2) is 0 Å². The number of benzene rings is 1. The standard InChI is InChI=1S/C20H27N5O/c1-4-17(16-8-6-5-7-9-16)20(26)25-14-12-24(13-15-25)19-11-10-18(21-22-19)23(2)3/h5-11,17H,4,12-15H2,1-3H3. The predicted octanol–water partition coefficient (Wildman–Crippen LogP) is 2.38. The molecule has 0 bridgehead atoms. The first kappa shape index (κ1) is 18.2. The van der Waals surface area contributed by atoms with Crippen LogP contribution in [-0.4, -0.2) is 61.3 Å². The molecule has 1 amide bonds. The molecule has 1 aliphatic rings. The van der Waals surface area contributed by atoms with Gasteiger partial charge in [-0.2, -0.15) is 0 Å². The highest BCUT2D eigenvalue weighted by atomic mass is 16.2. The summed E-state index contributed by atoms with van der Waals surface area (Å²) in [4.78, 5) is 19.1. The highest BCUT2D eigenvalue weighted by molar-refractivity contribution is 5.84. The summed E-state index contributed by atoms with van der Waals surface area (Å²) in [6, 6.07) is 14.1. The number of carbonyl (C=O) groups is 1. The van der Waals surface area contributed by atoms with Gasteiger partial charge in [0.2, 0.25) is 5.91 Å². The quantitative estimate of drug-likeness (QED) is 0.826. The largest absolute Gasteiger partial charge is 0.361 e. The molecule has 138 valence electrons. The smallest absolute Gasteiger partial charge is 0.230 e. The number of anilines is 2. The normalized spacial score (nSPS) is 15.7. The summed E-state index contributed by atoms with van der Waals surface area (Å²) >= 11 is 0. The van der Waals surface area contributed by atoms with E-state index in [-0.39, 0.29) is 11.8 Å². The molecule has 6 nitrogen and oxygen atoms in total. The third-order valence-corrected chi connectivity index (χ3v) is 4.92. The van der Waals surface area contributed by atoms with Crippen LogP contribution in [0.4, 0.5) is 11.6 Å². The SMILES string of the molecule is CCC(C(=O)N1CCN(c2ccc(N(C)C)nn2)CC1)c1ccccc1. The number of carbonyl (C=O) groups excluding carboxylic acids is 1. The van der Waals surface area contributed by atoms with Gasteiger partial charge in [0.15, 0.2) is 11.6 Å². The van der Waals surface area contributed by atoms with Crippen LogP contribution in [0.3, 0.4) is 0 Å². The maximum Gasteiger partial charge on any atom is 0.230 e. The zero-order chi connectivity index (χ0) is 18.5. The van der Waals surface area contributed by atoms with Crippen molar-refractivity contribution in [1.82, 2.24) is 15.1 Å². The van der Waals surface area contributed by atoms with Crippen LogP contribution in [0.2, 0.25) is 0 Å². The van der Waals surface area contributed by atoms with Gasteiger partial charge >= 0.3 is 0 Å². The molecule has 0 radical (unpaired) electrons. The van der Waals surface area contributed by atoms with Crippen LogP contribution in [-0.2, 0) is 4.79 Å². The highest BCUT2D eigenvalue weighted by Crippen LogP contribution is 2.23. The fourth-order valence-electron chi connectivity index (χ4n) is 3.34. The molecule has 1 aromatic heterocycles. The van der Waals surface area contributed by atoms with Gasteiger partial charge in [-0.3, -0.25) is 4.79 Å². The van der Waals surface area contributed by atoms with Crippen molar-refractivity contribution >= 4 is 17.5 Å². The van der Waals surface area contributed by atoms with Gasteiger partial charge < -0.3 is 14.7 Å². The Hall–Kier alpha value is -2.63. The van der Waals surface area contributed by atoms with Crippen molar-refractivity contribution in [2.24, 2.45) is 0 Å². The van der Waals surface area contributed by atoms with Crippen LogP contribution in [0, 0.1) is 0 Å². The second kappa shape index (κ2) is 8.17. The lowest BCUT2D eigenvalue weighted by atomic mass is 9.95. The van der Waals surface area contributed by atoms with Gasteiger partial charge in [-0.05, 0) is 24.1 Å². The Labute approximate surface area is 155 Å². The van der Waals surface area contributed by atoms with E-state index in [1.165, 1.54) is 0 Å². The molecule has 2 aromatic rings. The van der Waals surface area contributed by atoms with Gasteiger partial charge in [0, 0.05) is 40.3 Å². The predicted molar refractivity (Wildman–Crippen MR) is 105 cm³/mol. The molecular weight excluding hydrogens is 326 g/mol. The number of rotatable bonds is 5. The average Bonchev–Trinajstić information content (AvgIpc) is 2.69. The van der Waals surface area contributed by atoms with Gasteiger partial charge in [-0.1, -0.05) is 37.3 Å². The number of amides is 1. The summed E-state index contributed by atoms with van der Waals surface area (Å²) in [5.41, 5.74) is 1.10. The second-order valence-electron chi connectivity index (χ2n) is 6.83. The lowest BCUT2D eigenvalue weighted by Gasteiger charge is -2.36. The van der Waals surface area contributed by atoms with Gasteiger partial charge in [0.25, 0.3) is 0 Å². The fraction of sp³-hybridized carbons (Fsp3) is 0.450. The van der Waals surface area contributed by atoms with Crippen LogP contribution in [0.1, 0.15) is 24.8 Å². The van der Waals surface area contributed by atoms with Gasteiger partial charge in [0.1, 0.15) is 0 Å². The van der Waals surface area contributed by atoms with Crippen LogP contribution in [0.5, 0.6) is 0 Å². The first-order valence-electron chi connectivity index (χ1n) is 9.20. The number of hydrogen-bond donors (Lipinski definition) is 0. The van der Waals surface area contributed by atoms with Crippen molar-refractivity contribution in [2.45, 2.75) is 19.3 Å². The van der Waals surface area contributed by atoms with E-state index in [2.05, 4.69) is 22.0 Å². The van der Waals surface area contributed by atoms with E-state index in [0.717, 1.165) is 49.8 Å². The van der Waals surface area contributed by atoms with Crippen molar-refractivity contribution in [2.75, 3.05) is 50.1 Å². The summed E-state index contributed by atoms with van der Waals surface area (Å²) in [6.45, 7) is 5.09. The lowest BCUT2D eigenvalue weighted by Crippen LogP contribution is -2.50. The molecule has 1 aliphatic heterocycles. The Kier molecular flexibility index (Phi) is 5.71. The molecule has 1 unspecified atom stereocenters. The summed E-state index contributed by atoms with van der Waals surface area (Å²) in [7, 11) is 3.90. The zero-order valence-electron chi connectivity index (χ0n) is 15.8. The summed E-state index contributed by atoms with van der Waals surface area (Å²) < 4.78 is 0. The molecule has 0 N–H and O–H groups in total. The Morgan fingerprint density at radius 2 is 1.73 bits per heavy atom. The molecule has 0 saturated carbocycles. The molecule has 0 spiro atoms.